The first kappa shape index (κ1) is 14.6. The van der Waals surface area contributed by atoms with Crippen LogP contribution in [0, 0.1) is 5.41 Å². The van der Waals surface area contributed by atoms with Gasteiger partial charge in [-0.2, -0.15) is 0 Å². The van der Waals surface area contributed by atoms with Gasteiger partial charge in [-0.1, -0.05) is 32.9 Å². The van der Waals surface area contributed by atoms with Gasteiger partial charge in [0.05, 0.1) is 12.8 Å². The van der Waals surface area contributed by atoms with Crippen molar-refractivity contribution in [3.05, 3.63) is 24.3 Å². The van der Waals surface area contributed by atoms with Gasteiger partial charge < -0.3 is 9.64 Å². The Kier molecular flexibility index (Phi) is 4.76. The van der Waals surface area contributed by atoms with Gasteiger partial charge in [0.1, 0.15) is 5.75 Å². The van der Waals surface area contributed by atoms with Gasteiger partial charge >= 0.3 is 0 Å². The molecule has 1 aromatic rings. The van der Waals surface area contributed by atoms with Gasteiger partial charge in [0, 0.05) is 13.5 Å². The number of anilines is 1. The molecule has 0 aliphatic rings. The van der Waals surface area contributed by atoms with Crippen molar-refractivity contribution in [2.75, 3.05) is 19.1 Å². The van der Waals surface area contributed by atoms with Crippen molar-refractivity contribution < 1.29 is 9.53 Å². The summed E-state index contributed by atoms with van der Waals surface area (Å²) < 4.78 is 5.27. The minimum absolute atomic E-state index is 0.120. The molecule has 0 fully saturated rings. The van der Waals surface area contributed by atoms with Crippen LogP contribution in [0.25, 0.3) is 0 Å². The second kappa shape index (κ2) is 5.89. The van der Waals surface area contributed by atoms with Crippen LogP contribution >= 0.6 is 0 Å². The van der Waals surface area contributed by atoms with Gasteiger partial charge in [0.25, 0.3) is 0 Å². The van der Waals surface area contributed by atoms with Crippen molar-refractivity contribution >= 4 is 11.6 Å². The smallest absolute Gasteiger partial charge is 0.226 e. The van der Waals surface area contributed by atoms with E-state index in [0.29, 0.717) is 6.42 Å². The van der Waals surface area contributed by atoms with Crippen molar-refractivity contribution in [2.45, 2.75) is 33.6 Å². The highest BCUT2D eigenvalue weighted by Crippen LogP contribution is 2.28. The molecule has 0 N–H and O–H groups in total. The van der Waals surface area contributed by atoms with Crippen LogP contribution in [0.5, 0.6) is 5.75 Å². The number of carbonyl (C=O) groups is 1. The van der Waals surface area contributed by atoms with Crippen molar-refractivity contribution in [1.29, 1.82) is 0 Å². The molecule has 0 atom stereocenters. The first-order valence-electron chi connectivity index (χ1n) is 6.25. The Morgan fingerprint density at radius 3 is 2.44 bits per heavy atom. The quantitative estimate of drug-likeness (QED) is 0.817. The summed E-state index contributed by atoms with van der Waals surface area (Å²) in [6, 6.07) is 7.57. The number of nitrogens with zero attached hydrogens (tertiary/aromatic N) is 1. The van der Waals surface area contributed by atoms with Crippen LogP contribution in [0.15, 0.2) is 24.3 Å². The second-order valence-electron chi connectivity index (χ2n) is 5.69. The predicted octanol–water partition coefficient (Wildman–Crippen LogP) is 3.48. The second-order valence-corrected chi connectivity index (χ2v) is 5.69. The van der Waals surface area contributed by atoms with Crippen LogP contribution in [-0.4, -0.2) is 20.1 Å². The summed E-state index contributed by atoms with van der Waals surface area (Å²) in [4.78, 5) is 13.8. The van der Waals surface area contributed by atoms with Crippen molar-refractivity contribution in [3.63, 3.8) is 0 Å². The average molecular weight is 249 g/mol. The molecule has 0 unspecified atom stereocenters. The zero-order chi connectivity index (χ0) is 13.8. The largest absolute Gasteiger partial charge is 0.495 e. The first-order valence-corrected chi connectivity index (χ1v) is 6.25. The van der Waals surface area contributed by atoms with E-state index in [1.165, 1.54) is 0 Å². The van der Waals surface area contributed by atoms with Gasteiger partial charge in [0.15, 0.2) is 0 Å². The summed E-state index contributed by atoms with van der Waals surface area (Å²) in [5, 5.41) is 0. The van der Waals surface area contributed by atoms with Gasteiger partial charge in [-0.25, -0.2) is 0 Å². The Morgan fingerprint density at radius 2 is 1.89 bits per heavy atom. The molecule has 0 saturated carbocycles. The average Bonchev–Trinajstić information content (AvgIpc) is 2.34. The molecular weight excluding hydrogens is 226 g/mol. The van der Waals surface area contributed by atoms with E-state index >= 15 is 0 Å². The van der Waals surface area contributed by atoms with Gasteiger partial charge in [-0.15, -0.1) is 0 Å². The Hall–Kier alpha value is -1.51. The molecule has 0 saturated heterocycles. The number of carbonyl (C=O) groups excluding carboxylic acids is 1. The van der Waals surface area contributed by atoms with E-state index < -0.39 is 0 Å². The van der Waals surface area contributed by atoms with E-state index in [0.717, 1.165) is 17.9 Å². The number of amides is 1. The maximum atomic E-state index is 12.1. The van der Waals surface area contributed by atoms with Gasteiger partial charge in [0.2, 0.25) is 5.91 Å². The molecule has 0 bridgehead atoms. The summed E-state index contributed by atoms with van der Waals surface area (Å²) in [6.45, 7) is 6.43. The Bertz CT molecular complexity index is 407. The molecular formula is C15H23NO2. The molecule has 3 nitrogen and oxygen atoms in total. The number of para-hydroxylation sites is 2. The summed E-state index contributed by atoms with van der Waals surface area (Å²) in [5.41, 5.74) is 0.996. The van der Waals surface area contributed by atoms with E-state index in [4.69, 9.17) is 4.74 Å². The van der Waals surface area contributed by atoms with Gasteiger partial charge in [-0.05, 0) is 24.0 Å². The highest BCUT2D eigenvalue weighted by Gasteiger charge is 2.18. The summed E-state index contributed by atoms with van der Waals surface area (Å²) in [7, 11) is 3.41. The molecule has 1 rings (SSSR count). The summed E-state index contributed by atoms with van der Waals surface area (Å²) >= 11 is 0. The van der Waals surface area contributed by atoms with Crippen molar-refractivity contribution in [3.8, 4) is 5.75 Å². The summed E-state index contributed by atoms with van der Waals surface area (Å²) in [6.07, 6.45) is 1.43. The third-order valence-corrected chi connectivity index (χ3v) is 2.91. The SMILES string of the molecule is COc1ccccc1N(C)C(=O)CCC(C)(C)C. The lowest BCUT2D eigenvalue weighted by Gasteiger charge is -2.22. The topological polar surface area (TPSA) is 29.5 Å². The lowest BCUT2D eigenvalue weighted by atomic mass is 9.90. The van der Waals surface area contributed by atoms with Gasteiger partial charge in [-0.3, -0.25) is 4.79 Å². The fourth-order valence-corrected chi connectivity index (χ4v) is 1.69. The third kappa shape index (κ3) is 4.06. The molecule has 100 valence electrons. The van der Waals surface area contributed by atoms with Crippen LogP contribution in [0.4, 0.5) is 5.69 Å². The number of methoxy groups -OCH3 is 1. The molecule has 0 radical (unpaired) electrons. The van der Waals surface area contributed by atoms with E-state index in [1.54, 1.807) is 19.1 Å². The molecule has 0 heterocycles. The molecule has 0 aliphatic carbocycles. The molecule has 0 aromatic heterocycles. The number of rotatable bonds is 4. The Labute approximate surface area is 110 Å². The normalized spacial score (nSPS) is 11.2. The lowest BCUT2D eigenvalue weighted by Crippen LogP contribution is -2.27. The van der Waals surface area contributed by atoms with E-state index in [-0.39, 0.29) is 11.3 Å². The zero-order valence-corrected chi connectivity index (χ0v) is 12.0. The summed E-state index contributed by atoms with van der Waals surface area (Å²) in [5.74, 6) is 0.846. The minimum Gasteiger partial charge on any atom is -0.495 e. The first-order chi connectivity index (χ1) is 8.35. The van der Waals surface area contributed by atoms with E-state index in [9.17, 15) is 4.79 Å². The fraction of sp³-hybridized carbons (Fsp3) is 0.533. The number of hydrogen-bond acceptors (Lipinski definition) is 2. The number of benzene rings is 1. The Balaban J connectivity index is 2.74. The van der Waals surface area contributed by atoms with Crippen LogP contribution in [0.1, 0.15) is 33.6 Å². The number of ether oxygens (including phenoxy) is 1. The van der Waals surface area contributed by atoms with E-state index in [1.807, 2.05) is 24.3 Å². The monoisotopic (exact) mass is 249 g/mol. The van der Waals surface area contributed by atoms with Crippen molar-refractivity contribution in [1.82, 2.24) is 0 Å². The maximum Gasteiger partial charge on any atom is 0.226 e. The molecule has 3 heteroatoms. The Morgan fingerprint density at radius 1 is 1.28 bits per heavy atom. The van der Waals surface area contributed by atoms with Crippen molar-refractivity contribution in [2.24, 2.45) is 5.41 Å². The lowest BCUT2D eigenvalue weighted by molar-refractivity contribution is -0.118. The van der Waals surface area contributed by atoms with E-state index in [2.05, 4.69) is 20.8 Å². The van der Waals surface area contributed by atoms with Crippen LogP contribution < -0.4 is 9.64 Å². The molecule has 0 aliphatic heterocycles. The molecule has 0 spiro atoms. The minimum atomic E-state index is 0.120. The zero-order valence-electron chi connectivity index (χ0n) is 12.0. The third-order valence-electron chi connectivity index (χ3n) is 2.91. The molecule has 18 heavy (non-hydrogen) atoms. The standard InChI is InChI=1S/C15H23NO2/c1-15(2,3)11-10-14(17)16(4)12-8-6-7-9-13(12)18-5/h6-9H,10-11H2,1-5H3. The van der Waals surface area contributed by atoms with Crippen LogP contribution in [0.3, 0.4) is 0 Å². The molecule has 1 aromatic carbocycles. The van der Waals surface area contributed by atoms with Crippen LogP contribution in [0.2, 0.25) is 0 Å². The molecule has 1 amide bonds. The number of hydrogen-bond donors (Lipinski definition) is 0. The predicted molar refractivity (Wildman–Crippen MR) is 75.1 cm³/mol. The fourth-order valence-electron chi connectivity index (χ4n) is 1.69. The maximum absolute atomic E-state index is 12.1. The van der Waals surface area contributed by atoms with Crippen LogP contribution in [-0.2, 0) is 4.79 Å². The highest BCUT2D eigenvalue weighted by molar-refractivity contribution is 5.94. The highest BCUT2D eigenvalue weighted by atomic mass is 16.5.